The fourth-order valence-corrected chi connectivity index (χ4v) is 3.18. The van der Waals surface area contributed by atoms with E-state index >= 15 is 0 Å². The molecule has 6 heteroatoms. The van der Waals surface area contributed by atoms with Crippen molar-refractivity contribution in [2.75, 3.05) is 13.7 Å². The summed E-state index contributed by atoms with van der Waals surface area (Å²) in [6.45, 7) is 5.86. The number of carbonyl (C=O) groups excluding carboxylic acids is 2. The van der Waals surface area contributed by atoms with Gasteiger partial charge in [-0.3, -0.25) is 9.59 Å². The molecule has 0 aliphatic carbocycles. The number of amides is 2. The SMILES string of the molecule is CC[C@@H](C(=O)NC)N(Cc1ccccc1Cl)C(=O)COc1cc(C)ccc1C. The largest absolute Gasteiger partial charge is 0.483 e. The van der Waals surface area contributed by atoms with Crippen molar-refractivity contribution in [2.24, 2.45) is 0 Å². The van der Waals surface area contributed by atoms with Gasteiger partial charge in [-0.25, -0.2) is 0 Å². The van der Waals surface area contributed by atoms with Crippen molar-refractivity contribution in [3.8, 4) is 5.75 Å². The maximum atomic E-state index is 13.0. The summed E-state index contributed by atoms with van der Waals surface area (Å²) in [4.78, 5) is 26.9. The highest BCUT2D eigenvalue weighted by Gasteiger charge is 2.28. The molecule has 150 valence electrons. The van der Waals surface area contributed by atoms with E-state index in [1.54, 1.807) is 13.1 Å². The highest BCUT2D eigenvalue weighted by molar-refractivity contribution is 6.31. The number of rotatable bonds is 8. The van der Waals surface area contributed by atoms with Gasteiger partial charge in [-0.05, 0) is 49.1 Å². The molecule has 1 atom stereocenters. The molecule has 2 aromatic rings. The molecule has 0 aromatic heterocycles. The molecule has 0 radical (unpaired) electrons. The van der Waals surface area contributed by atoms with E-state index in [4.69, 9.17) is 16.3 Å². The number of hydrogen-bond acceptors (Lipinski definition) is 3. The number of benzene rings is 2. The molecule has 2 aromatic carbocycles. The van der Waals surface area contributed by atoms with Crippen molar-refractivity contribution in [2.45, 2.75) is 39.8 Å². The van der Waals surface area contributed by atoms with Gasteiger partial charge in [0.25, 0.3) is 5.91 Å². The van der Waals surface area contributed by atoms with Crippen LogP contribution in [0.2, 0.25) is 5.02 Å². The van der Waals surface area contributed by atoms with Gasteiger partial charge in [0.2, 0.25) is 5.91 Å². The highest BCUT2D eigenvalue weighted by Crippen LogP contribution is 2.22. The second-order valence-electron chi connectivity index (χ2n) is 6.71. The second kappa shape index (κ2) is 10.1. The summed E-state index contributed by atoms with van der Waals surface area (Å²) in [5, 5.41) is 3.19. The second-order valence-corrected chi connectivity index (χ2v) is 7.12. The van der Waals surface area contributed by atoms with E-state index < -0.39 is 6.04 Å². The molecule has 0 bridgehead atoms. The number of aryl methyl sites for hydroxylation is 2. The van der Waals surface area contributed by atoms with Gasteiger partial charge in [0.15, 0.2) is 6.61 Å². The van der Waals surface area contributed by atoms with Gasteiger partial charge in [0.05, 0.1) is 0 Å². The van der Waals surface area contributed by atoms with Crippen molar-refractivity contribution >= 4 is 23.4 Å². The van der Waals surface area contributed by atoms with Gasteiger partial charge < -0.3 is 15.0 Å². The fraction of sp³-hybridized carbons (Fsp3) is 0.364. The highest BCUT2D eigenvalue weighted by atomic mass is 35.5. The lowest BCUT2D eigenvalue weighted by Crippen LogP contribution is -2.49. The van der Waals surface area contributed by atoms with Crippen LogP contribution in [0.1, 0.15) is 30.0 Å². The average Bonchev–Trinajstić information content (AvgIpc) is 2.69. The zero-order valence-corrected chi connectivity index (χ0v) is 17.5. The maximum Gasteiger partial charge on any atom is 0.261 e. The first-order chi connectivity index (χ1) is 13.4. The molecular formula is C22H27ClN2O3. The molecule has 0 heterocycles. The standard InChI is InChI=1S/C22H27ClN2O3/c1-5-19(22(27)24-4)25(13-17-8-6-7-9-18(17)23)21(26)14-28-20-12-15(2)10-11-16(20)3/h6-12,19H,5,13-14H2,1-4H3,(H,24,27)/t19-/m0/s1. The van der Waals surface area contributed by atoms with Crippen molar-refractivity contribution in [1.29, 1.82) is 0 Å². The van der Waals surface area contributed by atoms with Crippen LogP contribution in [-0.2, 0) is 16.1 Å². The maximum absolute atomic E-state index is 13.0. The third kappa shape index (κ3) is 5.49. The number of likely N-dealkylation sites (N-methyl/N-ethyl adjacent to an activating group) is 1. The van der Waals surface area contributed by atoms with Crippen molar-refractivity contribution in [1.82, 2.24) is 10.2 Å². The summed E-state index contributed by atoms with van der Waals surface area (Å²) in [5.74, 6) is 0.185. The molecule has 2 amide bonds. The Balaban J connectivity index is 2.24. The number of hydrogen-bond donors (Lipinski definition) is 1. The normalized spacial score (nSPS) is 11.6. The van der Waals surface area contributed by atoms with Crippen molar-refractivity contribution in [3.05, 3.63) is 64.2 Å². The molecule has 0 aliphatic heterocycles. The number of ether oxygens (including phenoxy) is 1. The van der Waals surface area contributed by atoms with Crippen LogP contribution < -0.4 is 10.1 Å². The molecule has 0 fully saturated rings. The summed E-state index contributed by atoms with van der Waals surface area (Å²) >= 11 is 6.28. The molecule has 0 aliphatic rings. The Hall–Kier alpha value is -2.53. The molecule has 0 unspecified atom stereocenters. The Morgan fingerprint density at radius 3 is 2.54 bits per heavy atom. The van der Waals surface area contributed by atoms with Crippen LogP contribution >= 0.6 is 11.6 Å². The van der Waals surface area contributed by atoms with Crippen LogP contribution in [0.4, 0.5) is 0 Å². The number of halogens is 1. The molecule has 1 N–H and O–H groups in total. The quantitative estimate of drug-likeness (QED) is 0.728. The minimum absolute atomic E-state index is 0.151. The summed E-state index contributed by atoms with van der Waals surface area (Å²) in [6, 6.07) is 12.6. The van der Waals surface area contributed by atoms with E-state index in [1.807, 2.05) is 57.2 Å². The van der Waals surface area contributed by atoms with Gasteiger partial charge in [0, 0.05) is 18.6 Å². The number of nitrogens with zero attached hydrogens (tertiary/aromatic N) is 1. The van der Waals surface area contributed by atoms with E-state index in [0.29, 0.717) is 17.2 Å². The van der Waals surface area contributed by atoms with Crippen LogP contribution in [0, 0.1) is 13.8 Å². The fourth-order valence-electron chi connectivity index (χ4n) is 2.98. The zero-order valence-electron chi connectivity index (χ0n) is 16.8. The summed E-state index contributed by atoms with van der Waals surface area (Å²) in [5.41, 5.74) is 2.79. The van der Waals surface area contributed by atoms with Crippen molar-refractivity contribution < 1.29 is 14.3 Å². The molecule has 0 saturated heterocycles. The first-order valence-electron chi connectivity index (χ1n) is 9.31. The lowest BCUT2D eigenvalue weighted by atomic mass is 10.1. The van der Waals surface area contributed by atoms with Gasteiger partial charge in [-0.2, -0.15) is 0 Å². The minimum Gasteiger partial charge on any atom is -0.483 e. The van der Waals surface area contributed by atoms with Crippen molar-refractivity contribution in [3.63, 3.8) is 0 Å². The summed E-state index contributed by atoms with van der Waals surface area (Å²) in [6.07, 6.45) is 0.485. The first-order valence-corrected chi connectivity index (χ1v) is 9.69. The monoisotopic (exact) mass is 402 g/mol. The Morgan fingerprint density at radius 1 is 1.18 bits per heavy atom. The van der Waals surface area contributed by atoms with Crippen LogP contribution in [0.3, 0.4) is 0 Å². The topological polar surface area (TPSA) is 58.6 Å². The lowest BCUT2D eigenvalue weighted by molar-refractivity contribution is -0.142. The average molecular weight is 403 g/mol. The zero-order chi connectivity index (χ0) is 20.7. The summed E-state index contributed by atoms with van der Waals surface area (Å²) in [7, 11) is 1.57. The van der Waals surface area contributed by atoms with Gasteiger partial charge >= 0.3 is 0 Å². The van der Waals surface area contributed by atoms with E-state index in [1.165, 1.54) is 4.90 Å². The smallest absolute Gasteiger partial charge is 0.261 e. The molecular weight excluding hydrogens is 376 g/mol. The van der Waals surface area contributed by atoms with Crippen LogP contribution in [-0.4, -0.2) is 36.4 Å². The predicted molar refractivity (Wildman–Crippen MR) is 112 cm³/mol. The number of nitrogens with one attached hydrogen (secondary N) is 1. The Morgan fingerprint density at radius 2 is 1.89 bits per heavy atom. The van der Waals surface area contributed by atoms with E-state index in [2.05, 4.69) is 5.32 Å². The predicted octanol–water partition coefficient (Wildman–Crippen LogP) is 3.89. The Kier molecular flexibility index (Phi) is 7.88. The minimum atomic E-state index is -0.601. The van der Waals surface area contributed by atoms with E-state index in [0.717, 1.165) is 16.7 Å². The van der Waals surface area contributed by atoms with Crippen LogP contribution in [0.5, 0.6) is 5.75 Å². The Labute approximate surface area is 171 Å². The third-order valence-electron chi connectivity index (χ3n) is 4.63. The molecule has 0 saturated carbocycles. The number of carbonyl (C=O) groups is 2. The van der Waals surface area contributed by atoms with Crippen LogP contribution in [0.15, 0.2) is 42.5 Å². The lowest BCUT2D eigenvalue weighted by Gasteiger charge is -2.30. The van der Waals surface area contributed by atoms with Crippen LogP contribution in [0.25, 0.3) is 0 Å². The Bertz CT molecular complexity index is 838. The molecule has 0 spiro atoms. The first kappa shape index (κ1) is 21.8. The molecule has 2 rings (SSSR count). The van der Waals surface area contributed by atoms with E-state index in [9.17, 15) is 9.59 Å². The molecule has 28 heavy (non-hydrogen) atoms. The molecule has 5 nitrogen and oxygen atoms in total. The third-order valence-corrected chi connectivity index (χ3v) is 4.99. The van der Waals surface area contributed by atoms with Gasteiger partial charge in [-0.15, -0.1) is 0 Å². The van der Waals surface area contributed by atoms with Gasteiger partial charge in [-0.1, -0.05) is 48.9 Å². The summed E-state index contributed by atoms with van der Waals surface area (Å²) < 4.78 is 5.78. The van der Waals surface area contributed by atoms with Gasteiger partial charge in [0.1, 0.15) is 11.8 Å². The van der Waals surface area contributed by atoms with E-state index in [-0.39, 0.29) is 25.0 Å².